The molecule has 53 heavy (non-hydrogen) atoms. The Labute approximate surface area is 311 Å². The van der Waals surface area contributed by atoms with Gasteiger partial charge in [0.25, 0.3) is 5.91 Å². The average Bonchev–Trinajstić information content (AvgIpc) is 4.02. The molecular weight excluding hydrogens is 703 g/mol. The Kier molecular flexibility index (Phi) is 10.4. The van der Waals surface area contributed by atoms with Crippen molar-refractivity contribution in [3.8, 4) is 0 Å². The number of benzene rings is 1. The summed E-state index contributed by atoms with van der Waals surface area (Å²) in [5, 5.41) is 5.12. The molecule has 5 atom stereocenters. The zero-order valence-corrected chi connectivity index (χ0v) is 31.6. The van der Waals surface area contributed by atoms with E-state index in [4.69, 9.17) is 9.47 Å². The maximum atomic E-state index is 14.8. The molecule has 3 heterocycles. The number of sulfonamides is 1. The van der Waals surface area contributed by atoms with E-state index in [1.54, 1.807) is 4.90 Å². The normalized spacial score (nSPS) is 30.6. The molecule has 1 aromatic rings. The van der Waals surface area contributed by atoms with Crippen LogP contribution >= 0.6 is 0 Å². The quantitative estimate of drug-likeness (QED) is 0.373. The van der Waals surface area contributed by atoms with Crippen LogP contribution in [0.4, 0.5) is 9.59 Å². The minimum atomic E-state index is -3.87. The third kappa shape index (κ3) is 7.72. The number of carbonyl (C=O) groups is 5. The second-order valence-electron chi connectivity index (χ2n) is 16.3. The summed E-state index contributed by atoms with van der Waals surface area (Å²) >= 11 is 0. The lowest BCUT2D eigenvalue weighted by molar-refractivity contribution is -0.143. The first kappa shape index (κ1) is 37.4. The fraction of sp³-hybridized carbons (Fsp3) is 0.711. The first-order chi connectivity index (χ1) is 25.3. The number of hydrogen-bond donors (Lipinski definition) is 3. The van der Waals surface area contributed by atoms with Gasteiger partial charge in [0.1, 0.15) is 23.7 Å². The zero-order chi connectivity index (χ0) is 37.5. The second kappa shape index (κ2) is 14.7. The monoisotopic (exact) mass is 755 g/mol. The SMILES string of the molecule is CC[C@H]1C[C@]1(NC(=O)[C@@H]1C[C@@H]2CN1C(=O)[C@H](C1(C)CCCCC1)NC(=O)OCCCCCc1cccc3c1CN(C3)C(=O)O2)C(=O)NS(=O)(=O)C1CC1. The fourth-order valence-electron chi connectivity index (χ4n) is 9.01. The summed E-state index contributed by atoms with van der Waals surface area (Å²) in [4.78, 5) is 72.7. The molecule has 3 aliphatic heterocycles. The van der Waals surface area contributed by atoms with Crippen LogP contribution in [-0.4, -0.2) is 90.3 Å². The van der Waals surface area contributed by atoms with E-state index < -0.39 is 74.3 Å². The van der Waals surface area contributed by atoms with Gasteiger partial charge >= 0.3 is 12.2 Å². The second-order valence-corrected chi connectivity index (χ2v) is 18.3. The molecule has 6 aliphatic rings. The Morgan fingerprint density at radius 1 is 1.00 bits per heavy atom. The molecular formula is C38H53N5O9S. The largest absolute Gasteiger partial charge is 0.450 e. The summed E-state index contributed by atoms with van der Waals surface area (Å²) in [5.74, 6) is -2.19. The van der Waals surface area contributed by atoms with Crippen LogP contribution in [-0.2, 0) is 53.4 Å². The highest BCUT2D eigenvalue weighted by atomic mass is 32.2. The molecule has 1 aromatic carbocycles. The van der Waals surface area contributed by atoms with Crippen LogP contribution < -0.4 is 15.4 Å². The van der Waals surface area contributed by atoms with Crippen LogP contribution in [0.25, 0.3) is 0 Å². The van der Waals surface area contributed by atoms with Crippen LogP contribution in [0.5, 0.6) is 0 Å². The van der Waals surface area contributed by atoms with Gasteiger partial charge in [-0.25, -0.2) is 18.0 Å². The molecule has 1 saturated heterocycles. The molecule has 0 unspecified atom stereocenters. The van der Waals surface area contributed by atoms with Crippen molar-refractivity contribution in [2.75, 3.05) is 13.2 Å². The van der Waals surface area contributed by atoms with Gasteiger partial charge in [0, 0.05) is 19.5 Å². The predicted molar refractivity (Wildman–Crippen MR) is 192 cm³/mol. The van der Waals surface area contributed by atoms with Crippen molar-refractivity contribution < 1.29 is 41.9 Å². The number of alkyl carbamates (subject to hydrolysis) is 1. The Balaban J connectivity index is 1.17. The third-order valence-corrected chi connectivity index (χ3v) is 14.3. The molecule has 15 heteroatoms. The highest BCUT2D eigenvalue weighted by Crippen LogP contribution is 2.47. The number of hydrogen-bond acceptors (Lipinski definition) is 9. The number of ether oxygens (including phenoxy) is 2. The lowest BCUT2D eigenvalue weighted by atomic mass is 9.70. The van der Waals surface area contributed by atoms with Crippen LogP contribution in [0.3, 0.4) is 0 Å². The van der Waals surface area contributed by atoms with E-state index >= 15 is 0 Å². The summed E-state index contributed by atoms with van der Waals surface area (Å²) in [5.41, 5.74) is 1.26. The van der Waals surface area contributed by atoms with Gasteiger partial charge < -0.3 is 25.0 Å². The maximum Gasteiger partial charge on any atom is 0.410 e. The number of amides is 5. The smallest absolute Gasteiger partial charge is 0.410 e. The fourth-order valence-corrected chi connectivity index (χ4v) is 10.4. The Morgan fingerprint density at radius 3 is 2.45 bits per heavy atom. The first-order valence-electron chi connectivity index (χ1n) is 19.5. The highest BCUT2D eigenvalue weighted by molar-refractivity contribution is 7.91. The van der Waals surface area contributed by atoms with Gasteiger partial charge in [0.15, 0.2) is 0 Å². The van der Waals surface area contributed by atoms with E-state index in [9.17, 15) is 32.4 Å². The van der Waals surface area contributed by atoms with E-state index in [0.29, 0.717) is 51.6 Å². The number of nitrogens with one attached hydrogen (secondary N) is 3. The van der Waals surface area contributed by atoms with E-state index in [2.05, 4.69) is 21.4 Å². The molecule has 3 saturated carbocycles. The lowest BCUT2D eigenvalue weighted by Gasteiger charge is -2.42. The van der Waals surface area contributed by atoms with Crippen molar-refractivity contribution in [1.29, 1.82) is 0 Å². The summed E-state index contributed by atoms with van der Waals surface area (Å²) < 4.78 is 39.3. The lowest BCUT2D eigenvalue weighted by Crippen LogP contribution is -2.61. The van der Waals surface area contributed by atoms with Crippen molar-refractivity contribution in [2.24, 2.45) is 11.3 Å². The van der Waals surface area contributed by atoms with Crippen LogP contribution in [0.15, 0.2) is 18.2 Å². The van der Waals surface area contributed by atoms with Crippen molar-refractivity contribution in [2.45, 2.75) is 146 Å². The number of nitrogens with zero attached hydrogens (tertiary/aromatic N) is 2. The van der Waals surface area contributed by atoms with Gasteiger partial charge in [0.2, 0.25) is 21.8 Å². The zero-order valence-electron chi connectivity index (χ0n) is 30.8. The topological polar surface area (TPSA) is 181 Å². The molecule has 0 radical (unpaired) electrons. The Bertz CT molecular complexity index is 1740. The van der Waals surface area contributed by atoms with Crippen molar-refractivity contribution in [3.63, 3.8) is 0 Å². The number of fused-ring (bicyclic) bond motifs is 3. The van der Waals surface area contributed by atoms with Gasteiger partial charge in [-0.15, -0.1) is 0 Å². The van der Waals surface area contributed by atoms with Crippen LogP contribution in [0, 0.1) is 11.3 Å². The maximum absolute atomic E-state index is 14.8. The van der Waals surface area contributed by atoms with E-state index in [-0.39, 0.29) is 31.9 Å². The third-order valence-electron chi connectivity index (χ3n) is 12.5. The summed E-state index contributed by atoms with van der Waals surface area (Å²) in [7, 11) is -3.87. The van der Waals surface area contributed by atoms with Crippen molar-refractivity contribution in [1.82, 2.24) is 25.2 Å². The molecule has 290 valence electrons. The molecule has 7 rings (SSSR count). The highest BCUT2D eigenvalue weighted by Gasteiger charge is 2.62. The van der Waals surface area contributed by atoms with Gasteiger partial charge in [0.05, 0.1) is 18.4 Å². The molecule has 14 nitrogen and oxygen atoms in total. The van der Waals surface area contributed by atoms with Gasteiger partial charge in [-0.1, -0.05) is 57.7 Å². The Morgan fingerprint density at radius 2 is 1.74 bits per heavy atom. The molecule has 4 bridgehead atoms. The van der Waals surface area contributed by atoms with Crippen LogP contribution in [0.1, 0.15) is 114 Å². The van der Waals surface area contributed by atoms with E-state index in [1.807, 2.05) is 26.0 Å². The summed E-state index contributed by atoms with van der Waals surface area (Å²) in [6.45, 7) is 4.73. The van der Waals surface area contributed by atoms with Crippen molar-refractivity contribution >= 4 is 39.9 Å². The van der Waals surface area contributed by atoms with Gasteiger partial charge in [-0.2, -0.15) is 0 Å². The number of carbonyl (C=O) groups excluding carboxylic acids is 5. The Hall–Kier alpha value is -3.88. The van der Waals surface area contributed by atoms with Crippen molar-refractivity contribution in [3.05, 3.63) is 34.9 Å². The minimum absolute atomic E-state index is 0.0297. The standard InChI is InChI=1S/C38H53N5O9S/c1-3-26-20-38(26,34(46)41-53(49,50)28-14-15-28)40-32(44)30-19-27-22-43(30)33(45)31(37(2)16-7-5-8-17-37)39-35(47)51-18-9-4-6-11-24-12-10-13-25-21-42(23-29(24)25)36(48)52-27/h10,12-13,26-28,30-31H,3-9,11,14-23H2,1-2H3,(H,39,47)(H,40,44)(H,41,46)/t26-,27+,30-,31+,38+/m0/s1. The minimum Gasteiger partial charge on any atom is -0.450 e. The predicted octanol–water partition coefficient (Wildman–Crippen LogP) is 3.79. The molecule has 4 fully saturated rings. The number of rotatable bonds is 7. The average molecular weight is 756 g/mol. The molecule has 0 aromatic heterocycles. The molecule has 5 amide bonds. The number of aryl methyl sites for hydroxylation is 1. The molecule has 0 spiro atoms. The van der Waals surface area contributed by atoms with E-state index in [1.165, 1.54) is 10.5 Å². The van der Waals surface area contributed by atoms with Crippen LogP contribution in [0.2, 0.25) is 0 Å². The van der Waals surface area contributed by atoms with E-state index in [0.717, 1.165) is 49.7 Å². The van der Waals surface area contributed by atoms with Gasteiger partial charge in [-0.05, 0) is 85.8 Å². The molecule has 3 N–H and O–H groups in total. The summed E-state index contributed by atoms with van der Waals surface area (Å²) in [6, 6.07) is 3.91. The van der Waals surface area contributed by atoms with Gasteiger partial charge in [-0.3, -0.25) is 24.0 Å². The summed E-state index contributed by atoms with van der Waals surface area (Å²) in [6.07, 6.45) is 6.94. The molecule has 3 aliphatic carbocycles. The first-order valence-corrected chi connectivity index (χ1v) is 21.1. The number of cyclic esters (lactones) is 1.